The Balaban J connectivity index is 1.58. The van der Waals surface area contributed by atoms with Crippen LogP contribution in [0.3, 0.4) is 0 Å². The first-order valence-corrected chi connectivity index (χ1v) is 11.4. The summed E-state index contributed by atoms with van der Waals surface area (Å²) in [6, 6.07) is 39.5. The quantitative estimate of drug-likeness (QED) is 0.242. The molecule has 0 aliphatic heterocycles. The molecule has 0 aliphatic rings. The van der Waals surface area contributed by atoms with Crippen molar-refractivity contribution in [2.75, 3.05) is 0 Å². The maximum absolute atomic E-state index is 6.34. The van der Waals surface area contributed by atoms with E-state index in [9.17, 15) is 0 Å². The van der Waals surface area contributed by atoms with Crippen molar-refractivity contribution < 1.29 is 4.42 Å². The van der Waals surface area contributed by atoms with Crippen LogP contribution in [0.15, 0.2) is 114 Å². The van der Waals surface area contributed by atoms with Crippen LogP contribution in [-0.2, 0) is 0 Å². The van der Waals surface area contributed by atoms with Gasteiger partial charge in [0.15, 0.2) is 0 Å². The first kappa shape index (κ1) is 17.2. The van der Waals surface area contributed by atoms with Gasteiger partial charge in [0.25, 0.3) is 0 Å². The molecule has 1 heteroatoms. The van der Waals surface area contributed by atoms with E-state index >= 15 is 0 Å². The molecule has 0 amide bonds. The van der Waals surface area contributed by atoms with Crippen LogP contribution < -0.4 is 0 Å². The SMILES string of the molecule is c1cc2ccc3ccc(-c4cc5c6ccccc6oc5c5ccccc45)c4ccc(c1)c2c34. The molecule has 0 saturated carbocycles. The maximum Gasteiger partial charge on any atom is 0.143 e. The molecule has 0 bridgehead atoms. The lowest BCUT2D eigenvalue weighted by Gasteiger charge is -2.15. The molecule has 0 fully saturated rings. The van der Waals surface area contributed by atoms with E-state index in [2.05, 4.69) is 103 Å². The summed E-state index contributed by atoms with van der Waals surface area (Å²) >= 11 is 0. The Hall–Kier alpha value is -4.36. The molecule has 0 saturated heterocycles. The van der Waals surface area contributed by atoms with Gasteiger partial charge in [-0.1, -0.05) is 97.1 Å². The second kappa shape index (κ2) is 6.11. The zero-order chi connectivity index (χ0) is 21.5. The predicted molar refractivity (Wildman–Crippen MR) is 140 cm³/mol. The molecule has 1 nitrogen and oxygen atoms in total. The van der Waals surface area contributed by atoms with Crippen molar-refractivity contribution >= 4 is 65.0 Å². The number of para-hydroxylation sites is 1. The smallest absolute Gasteiger partial charge is 0.143 e. The van der Waals surface area contributed by atoms with Crippen molar-refractivity contribution in [3.8, 4) is 11.1 Å². The summed E-state index contributed by atoms with van der Waals surface area (Å²) < 4.78 is 6.34. The summed E-state index contributed by atoms with van der Waals surface area (Å²) in [6.45, 7) is 0. The van der Waals surface area contributed by atoms with Crippen molar-refractivity contribution in [2.24, 2.45) is 0 Å². The molecule has 33 heavy (non-hydrogen) atoms. The van der Waals surface area contributed by atoms with Crippen LogP contribution in [0.1, 0.15) is 0 Å². The lowest BCUT2D eigenvalue weighted by atomic mass is 9.88. The minimum absolute atomic E-state index is 0.935. The van der Waals surface area contributed by atoms with Gasteiger partial charge in [-0.25, -0.2) is 0 Å². The zero-order valence-electron chi connectivity index (χ0n) is 17.8. The van der Waals surface area contributed by atoms with Gasteiger partial charge < -0.3 is 4.42 Å². The van der Waals surface area contributed by atoms with Gasteiger partial charge in [-0.2, -0.15) is 0 Å². The van der Waals surface area contributed by atoms with E-state index in [4.69, 9.17) is 4.42 Å². The highest BCUT2D eigenvalue weighted by Crippen LogP contribution is 2.44. The minimum Gasteiger partial charge on any atom is -0.455 e. The molecule has 0 atom stereocenters. The van der Waals surface area contributed by atoms with Crippen LogP contribution in [0.4, 0.5) is 0 Å². The largest absolute Gasteiger partial charge is 0.455 e. The molecule has 7 aromatic carbocycles. The van der Waals surface area contributed by atoms with Gasteiger partial charge in [-0.05, 0) is 61.0 Å². The monoisotopic (exact) mass is 418 g/mol. The topological polar surface area (TPSA) is 13.1 Å². The molecular weight excluding hydrogens is 400 g/mol. The van der Waals surface area contributed by atoms with E-state index < -0.39 is 0 Å². The van der Waals surface area contributed by atoms with Crippen molar-refractivity contribution in [3.05, 3.63) is 109 Å². The fraction of sp³-hybridized carbons (Fsp3) is 0. The van der Waals surface area contributed by atoms with Gasteiger partial charge in [-0.15, -0.1) is 0 Å². The van der Waals surface area contributed by atoms with Crippen molar-refractivity contribution in [1.29, 1.82) is 0 Å². The molecular formula is C32H18O. The average molecular weight is 418 g/mol. The fourth-order valence-electron chi connectivity index (χ4n) is 5.74. The van der Waals surface area contributed by atoms with Crippen molar-refractivity contribution in [3.63, 3.8) is 0 Å². The van der Waals surface area contributed by atoms with E-state index in [1.165, 1.54) is 54.2 Å². The Morgan fingerprint density at radius 1 is 0.394 bits per heavy atom. The fourth-order valence-corrected chi connectivity index (χ4v) is 5.74. The summed E-state index contributed by atoms with van der Waals surface area (Å²) in [5.41, 5.74) is 4.42. The normalized spacial score (nSPS) is 12.2. The Labute approximate surface area is 189 Å². The second-order valence-electron chi connectivity index (χ2n) is 8.91. The van der Waals surface area contributed by atoms with Crippen molar-refractivity contribution in [1.82, 2.24) is 0 Å². The van der Waals surface area contributed by atoms with Gasteiger partial charge >= 0.3 is 0 Å². The molecule has 0 aliphatic carbocycles. The van der Waals surface area contributed by atoms with E-state index in [0.717, 1.165) is 21.9 Å². The number of fused-ring (bicyclic) bond motifs is 5. The van der Waals surface area contributed by atoms with E-state index in [0.29, 0.717) is 0 Å². The van der Waals surface area contributed by atoms with Crippen LogP contribution in [-0.4, -0.2) is 0 Å². The first-order valence-electron chi connectivity index (χ1n) is 11.4. The van der Waals surface area contributed by atoms with Crippen LogP contribution in [0, 0.1) is 0 Å². The van der Waals surface area contributed by atoms with Crippen LogP contribution >= 0.6 is 0 Å². The first-order chi connectivity index (χ1) is 16.4. The third kappa shape index (κ3) is 2.21. The second-order valence-corrected chi connectivity index (χ2v) is 8.91. The molecule has 1 aromatic heterocycles. The Morgan fingerprint density at radius 2 is 1.06 bits per heavy atom. The molecule has 152 valence electrons. The van der Waals surface area contributed by atoms with Crippen LogP contribution in [0.5, 0.6) is 0 Å². The van der Waals surface area contributed by atoms with Gasteiger partial charge in [0.05, 0.1) is 0 Å². The Bertz CT molecular complexity index is 2010. The number of furan rings is 1. The summed E-state index contributed by atoms with van der Waals surface area (Å²) in [5.74, 6) is 0. The van der Waals surface area contributed by atoms with Crippen LogP contribution in [0.2, 0.25) is 0 Å². The molecule has 0 radical (unpaired) electrons. The van der Waals surface area contributed by atoms with E-state index in [1.54, 1.807) is 0 Å². The zero-order valence-corrected chi connectivity index (χ0v) is 17.8. The third-order valence-corrected chi connectivity index (χ3v) is 7.20. The Morgan fingerprint density at radius 3 is 1.91 bits per heavy atom. The summed E-state index contributed by atoms with van der Waals surface area (Å²) in [4.78, 5) is 0. The van der Waals surface area contributed by atoms with Gasteiger partial charge in [0.1, 0.15) is 11.2 Å². The predicted octanol–water partition coefficient (Wildman–Crippen LogP) is 9.30. The van der Waals surface area contributed by atoms with Gasteiger partial charge in [-0.3, -0.25) is 0 Å². The lowest BCUT2D eigenvalue weighted by Crippen LogP contribution is -1.88. The van der Waals surface area contributed by atoms with Gasteiger partial charge in [0.2, 0.25) is 0 Å². The number of hydrogen-bond acceptors (Lipinski definition) is 1. The van der Waals surface area contributed by atoms with E-state index in [1.807, 2.05) is 6.07 Å². The molecule has 8 rings (SSSR count). The highest BCUT2D eigenvalue weighted by atomic mass is 16.3. The highest BCUT2D eigenvalue weighted by molar-refractivity contribution is 6.27. The molecule has 8 aromatic rings. The van der Waals surface area contributed by atoms with Gasteiger partial charge in [0, 0.05) is 16.2 Å². The lowest BCUT2D eigenvalue weighted by molar-refractivity contribution is 0.672. The molecule has 1 heterocycles. The summed E-state index contributed by atoms with van der Waals surface area (Å²) in [5, 5.41) is 12.6. The minimum atomic E-state index is 0.935. The third-order valence-electron chi connectivity index (χ3n) is 7.20. The number of rotatable bonds is 1. The number of benzene rings is 7. The number of hydrogen-bond donors (Lipinski definition) is 0. The van der Waals surface area contributed by atoms with Crippen molar-refractivity contribution in [2.45, 2.75) is 0 Å². The standard InChI is InChI=1S/C32H18O/c1-2-10-26-22(8-1)27(18-28-24-9-3-4-11-29(24)33-32(26)28)23-16-14-21-13-12-19-6-5-7-20-15-17-25(23)31(21)30(19)20/h1-18H. The summed E-state index contributed by atoms with van der Waals surface area (Å²) in [6.07, 6.45) is 0. The van der Waals surface area contributed by atoms with E-state index in [-0.39, 0.29) is 0 Å². The van der Waals surface area contributed by atoms with Crippen LogP contribution in [0.25, 0.3) is 76.2 Å². The molecule has 0 N–H and O–H groups in total. The summed E-state index contributed by atoms with van der Waals surface area (Å²) in [7, 11) is 0. The Kier molecular flexibility index (Phi) is 3.19. The average Bonchev–Trinajstić information content (AvgIpc) is 3.26. The maximum atomic E-state index is 6.34. The highest BCUT2D eigenvalue weighted by Gasteiger charge is 2.17. The molecule has 0 unspecified atom stereocenters. The molecule has 0 spiro atoms.